The Hall–Kier alpha value is -1.51. The lowest BCUT2D eigenvalue weighted by Crippen LogP contribution is -2.70. The molecule has 2 aromatic rings. The molecule has 0 unspecified atom stereocenters. The molecule has 0 aliphatic rings. The maximum atomic E-state index is 6.93. The quantitative estimate of drug-likeness (QED) is 0.637. The van der Waals surface area contributed by atoms with Gasteiger partial charge in [-0.2, -0.15) is 0 Å². The SMILES string of the molecule is C=C[Si](C)(C=C)O[Si](O[Si](C)(C)C)(c1ccccc1)c1ccccc1. The van der Waals surface area contributed by atoms with Gasteiger partial charge in [0.15, 0.2) is 8.32 Å². The van der Waals surface area contributed by atoms with Gasteiger partial charge in [-0.15, -0.1) is 13.2 Å². The topological polar surface area (TPSA) is 18.5 Å². The Morgan fingerprint density at radius 1 is 0.680 bits per heavy atom. The van der Waals surface area contributed by atoms with E-state index in [-0.39, 0.29) is 0 Å². The molecule has 25 heavy (non-hydrogen) atoms. The third-order valence-electron chi connectivity index (χ3n) is 3.93. The molecule has 2 rings (SSSR count). The van der Waals surface area contributed by atoms with Crippen molar-refractivity contribution < 1.29 is 8.23 Å². The molecule has 0 radical (unpaired) electrons. The van der Waals surface area contributed by atoms with Gasteiger partial charge in [-0.05, 0) is 36.6 Å². The molecule has 2 nitrogen and oxygen atoms in total. The molecule has 0 aromatic heterocycles. The molecular formula is C20H28O2Si3. The van der Waals surface area contributed by atoms with Crippen LogP contribution in [-0.2, 0) is 8.23 Å². The minimum atomic E-state index is -2.88. The molecule has 0 saturated heterocycles. The summed E-state index contributed by atoms with van der Waals surface area (Å²) in [5.74, 6) is 0. The summed E-state index contributed by atoms with van der Waals surface area (Å²) in [6.45, 7) is 16.8. The van der Waals surface area contributed by atoms with Crippen molar-refractivity contribution in [3.05, 3.63) is 85.2 Å². The summed E-state index contributed by atoms with van der Waals surface area (Å²) >= 11 is 0. The van der Waals surface area contributed by atoms with Crippen LogP contribution in [0.25, 0.3) is 0 Å². The van der Waals surface area contributed by atoms with E-state index < -0.39 is 25.2 Å². The van der Waals surface area contributed by atoms with Crippen LogP contribution >= 0.6 is 0 Å². The molecule has 132 valence electrons. The second-order valence-corrected chi connectivity index (χ2v) is 18.7. The van der Waals surface area contributed by atoms with E-state index in [1.807, 2.05) is 23.5 Å². The van der Waals surface area contributed by atoms with Gasteiger partial charge in [0.1, 0.15) is 0 Å². The monoisotopic (exact) mass is 384 g/mol. The highest BCUT2D eigenvalue weighted by molar-refractivity contribution is 7.03. The summed E-state index contributed by atoms with van der Waals surface area (Å²) in [6.07, 6.45) is 0. The first-order valence-corrected chi connectivity index (χ1v) is 16.3. The summed E-state index contributed by atoms with van der Waals surface area (Å²) in [7, 11) is -7.08. The van der Waals surface area contributed by atoms with Crippen molar-refractivity contribution in [3.8, 4) is 0 Å². The number of hydrogen-bond donors (Lipinski definition) is 0. The molecule has 0 aliphatic carbocycles. The number of hydrogen-bond acceptors (Lipinski definition) is 2. The van der Waals surface area contributed by atoms with Crippen LogP contribution in [0.2, 0.25) is 26.2 Å². The summed E-state index contributed by atoms with van der Waals surface area (Å²) in [5, 5.41) is 2.26. The van der Waals surface area contributed by atoms with Gasteiger partial charge in [0.2, 0.25) is 8.32 Å². The van der Waals surface area contributed by atoms with Crippen molar-refractivity contribution in [2.24, 2.45) is 0 Å². The molecule has 2 aromatic carbocycles. The van der Waals surface area contributed by atoms with Crippen LogP contribution in [-0.4, -0.2) is 25.2 Å². The maximum Gasteiger partial charge on any atom is 0.386 e. The summed E-state index contributed by atoms with van der Waals surface area (Å²) in [5.41, 5.74) is 3.86. The van der Waals surface area contributed by atoms with E-state index in [0.717, 1.165) is 10.4 Å². The van der Waals surface area contributed by atoms with Crippen LogP contribution in [0.5, 0.6) is 0 Å². The molecular weight excluding hydrogens is 356 g/mol. The fourth-order valence-corrected chi connectivity index (χ4v) is 13.4. The highest BCUT2D eigenvalue weighted by Crippen LogP contribution is 2.22. The van der Waals surface area contributed by atoms with Crippen LogP contribution in [0.3, 0.4) is 0 Å². The first-order chi connectivity index (χ1) is 11.7. The molecule has 0 bridgehead atoms. The standard InChI is InChI=1S/C20H28O2Si3/c1-7-24(6,8-2)22-25(21-23(3,4)5,19-15-11-9-12-16-19)20-17-13-10-14-18-20/h7-18H,1-2H2,3-6H3. The van der Waals surface area contributed by atoms with Gasteiger partial charge in [-0.25, -0.2) is 0 Å². The van der Waals surface area contributed by atoms with Crippen LogP contribution in [0, 0.1) is 0 Å². The summed E-state index contributed by atoms with van der Waals surface area (Å²) < 4.78 is 13.8. The molecule has 0 aliphatic heterocycles. The fourth-order valence-electron chi connectivity index (χ4n) is 2.65. The minimum absolute atomic E-state index is 1.13. The molecule has 5 heteroatoms. The van der Waals surface area contributed by atoms with Gasteiger partial charge in [-0.3, -0.25) is 0 Å². The van der Waals surface area contributed by atoms with E-state index in [1.54, 1.807) is 0 Å². The zero-order valence-electron chi connectivity index (χ0n) is 15.7. The average molecular weight is 385 g/mol. The lowest BCUT2D eigenvalue weighted by Gasteiger charge is -2.41. The van der Waals surface area contributed by atoms with Gasteiger partial charge in [0, 0.05) is 0 Å². The lowest BCUT2D eigenvalue weighted by molar-refractivity contribution is 0.418. The Labute approximate surface area is 155 Å². The molecule has 0 spiro atoms. The third kappa shape index (κ3) is 4.77. The lowest BCUT2D eigenvalue weighted by atomic mass is 10.4. The van der Waals surface area contributed by atoms with Crippen LogP contribution in [0.15, 0.2) is 85.2 Å². The Balaban J connectivity index is 2.74. The number of rotatable bonds is 8. The highest BCUT2D eigenvalue weighted by Gasteiger charge is 2.49. The maximum absolute atomic E-state index is 6.93. The summed E-state index contributed by atoms with van der Waals surface area (Å²) in [4.78, 5) is 0. The van der Waals surface area contributed by atoms with Gasteiger partial charge in [0.25, 0.3) is 0 Å². The van der Waals surface area contributed by atoms with E-state index in [9.17, 15) is 0 Å². The Morgan fingerprint density at radius 3 is 1.40 bits per heavy atom. The normalized spacial score (nSPS) is 12.6. The predicted octanol–water partition coefficient (Wildman–Crippen LogP) is 4.14. The van der Waals surface area contributed by atoms with Gasteiger partial charge >= 0.3 is 8.56 Å². The van der Waals surface area contributed by atoms with E-state index in [4.69, 9.17) is 8.23 Å². The van der Waals surface area contributed by atoms with E-state index in [1.165, 1.54) is 0 Å². The first kappa shape index (κ1) is 19.8. The van der Waals surface area contributed by atoms with Crippen molar-refractivity contribution in [2.45, 2.75) is 26.2 Å². The Bertz CT molecular complexity index is 661. The van der Waals surface area contributed by atoms with Gasteiger partial charge < -0.3 is 8.23 Å². The minimum Gasteiger partial charge on any atom is -0.430 e. The molecule has 0 saturated carbocycles. The molecule has 0 heterocycles. The van der Waals surface area contributed by atoms with Gasteiger partial charge in [-0.1, -0.05) is 72.1 Å². The molecule has 0 atom stereocenters. The van der Waals surface area contributed by atoms with Gasteiger partial charge in [0.05, 0.1) is 0 Å². The Kier molecular flexibility index (Phi) is 6.18. The highest BCUT2D eigenvalue weighted by atomic mass is 28.5. The zero-order valence-corrected chi connectivity index (χ0v) is 18.7. The van der Waals surface area contributed by atoms with Crippen molar-refractivity contribution in [3.63, 3.8) is 0 Å². The summed E-state index contributed by atoms with van der Waals surface area (Å²) in [6, 6.07) is 20.8. The molecule has 0 amide bonds. The average Bonchev–Trinajstić information content (AvgIpc) is 2.61. The predicted molar refractivity (Wildman–Crippen MR) is 115 cm³/mol. The van der Waals surface area contributed by atoms with Crippen molar-refractivity contribution in [1.29, 1.82) is 0 Å². The van der Waals surface area contributed by atoms with Crippen molar-refractivity contribution >= 4 is 35.6 Å². The first-order valence-electron chi connectivity index (χ1n) is 8.53. The molecule has 0 N–H and O–H groups in total. The largest absolute Gasteiger partial charge is 0.430 e. The van der Waals surface area contributed by atoms with Crippen LogP contribution in [0.4, 0.5) is 0 Å². The zero-order chi connectivity index (χ0) is 18.6. The number of benzene rings is 2. The third-order valence-corrected chi connectivity index (χ3v) is 14.2. The van der Waals surface area contributed by atoms with Crippen molar-refractivity contribution in [2.75, 3.05) is 0 Å². The van der Waals surface area contributed by atoms with Crippen LogP contribution < -0.4 is 10.4 Å². The fraction of sp³-hybridized carbons (Fsp3) is 0.200. The van der Waals surface area contributed by atoms with Crippen molar-refractivity contribution in [1.82, 2.24) is 0 Å². The smallest absolute Gasteiger partial charge is 0.386 e. The second-order valence-electron chi connectivity index (χ2n) is 7.26. The second kappa shape index (κ2) is 7.80. The van der Waals surface area contributed by atoms with E-state index in [0.29, 0.717) is 0 Å². The van der Waals surface area contributed by atoms with Crippen LogP contribution in [0.1, 0.15) is 0 Å². The van der Waals surface area contributed by atoms with E-state index in [2.05, 4.69) is 87.9 Å². The Morgan fingerprint density at radius 2 is 1.08 bits per heavy atom. The molecule has 0 fully saturated rings. The van der Waals surface area contributed by atoms with E-state index >= 15 is 0 Å².